The first-order chi connectivity index (χ1) is 8.04. The van der Waals surface area contributed by atoms with Crippen molar-refractivity contribution < 1.29 is 4.79 Å². The van der Waals surface area contributed by atoms with Gasteiger partial charge in [-0.15, -0.1) is 0 Å². The Balaban J connectivity index is 2.09. The maximum absolute atomic E-state index is 12.2. The van der Waals surface area contributed by atoms with Crippen LogP contribution in [0.3, 0.4) is 0 Å². The summed E-state index contributed by atoms with van der Waals surface area (Å²) in [5.74, 6) is 0.258. The maximum Gasteiger partial charge on any atom is 0.242 e. The Hall–Kier alpha value is -1.25. The van der Waals surface area contributed by atoms with Crippen LogP contribution in [0.15, 0.2) is 6.20 Å². The summed E-state index contributed by atoms with van der Waals surface area (Å²) < 4.78 is 2.08. The zero-order valence-electron chi connectivity index (χ0n) is 11.3. The summed E-state index contributed by atoms with van der Waals surface area (Å²) in [7, 11) is 0. The molecule has 0 saturated heterocycles. The third-order valence-electron chi connectivity index (χ3n) is 3.87. The Morgan fingerprint density at radius 1 is 1.41 bits per heavy atom. The molecule has 1 heterocycles. The van der Waals surface area contributed by atoms with Crippen molar-refractivity contribution in [2.45, 2.75) is 53.1 Å². The van der Waals surface area contributed by atoms with Gasteiger partial charge in [-0.2, -0.15) is 0 Å². The average Bonchev–Trinajstić information content (AvgIpc) is 3.07. The Bertz CT molecular complexity index is 430. The van der Waals surface area contributed by atoms with Crippen LogP contribution in [0.1, 0.15) is 36.6 Å². The number of hydrogen-bond donors (Lipinski definition) is 0. The second-order valence-corrected chi connectivity index (χ2v) is 5.06. The van der Waals surface area contributed by atoms with Crippen molar-refractivity contribution in [3.63, 3.8) is 0 Å². The lowest BCUT2D eigenvalue weighted by molar-refractivity contribution is -0.132. The first-order valence-corrected chi connectivity index (χ1v) is 6.47. The first-order valence-electron chi connectivity index (χ1n) is 6.47. The lowest BCUT2D eigenvalue weighted by Gasteiger charge is -2.21. The minimum atomic E-state index is 0.258. The molecule has 0 N–H and O–H groups in total. The smallest absolute Gasteiger partial charge is 0.242 e. The molecular weight excluding hydrogens is 212 g/mol. The van der Waals surface area contributed by atoms with Crippen LogP contribution in [0.5, 0.6) is 0 Å². The third-order valence-corrected chi connectivity index (χ3v) is 3.87. The standard InChI is InChI=1S/C14H22N2O/c1-5-16(13-6-7-13)14(17)9-15-8-10(2)11(3)12(15)4/h8,13H,5-7,9H2,1-4H3. The van der Waals surface area contributed by atoms with E-state index in [0.717, 1.165) is 6.54 Å². The number of aryl methyl sites for hydroxylation is 1. The van der Waals surface area contributed by atoms with Crippen LogP contribution in [-0.2, 0) is 11.3 Å². The molecule has 1 fully saturated rings. The molecule has 1 amide bonds. The van der Waals surface area contributed by atoms with E-state index in [1.165, 1.54) is 29.7 Å². The second-order valence-electron chi connectivity index (χ2n) is 5.06. The molecule has 0 aliphatic heterocycles. The quantitative estimate of drug-likeness (QED) is 0.785. The molecule has 1 aromatic heterocycles. The monoisotopic (exact) mass is 234 g/mol. The highest BCUT2D eigenvalue weighted by molar-refractivity contribution is 5.76. The highest BCUT2D eigenvalue weighted by atomic mass is 16.2. The third kappa shape index (κ3) is 2.38. The molecule has 1 aliphatic rings. The topological polar surface area (TPSA) is 25.2 Å². The first kappa shape index (κ1) is 12.2. The summed E-state index contributed by atoms with van der Waals surface area (Å²) in [6.45, 7) is 9.69. The van der Waals surface area contributed by atoms with Gasteiger partial charge in [0.2, 0.25) is 5.91 Å². The zero-order chi connectivity index (χ0) is 12.6. The summed E-state index contributed by atoms with van der Waals surface area (Å²) in [6.07, 6.45) is 4.45. The van der Waals surface area contributed by atoms with Crippen LogP contribution in [-0.4, -0.2) is 28.0 Å². The number of rotatable bonds is 4. The molecule has 0 atom stereocenters. The van der Waals surface area contributed by atoms with Crippen molar-refractivity contribution in [3.8, 4) is 0 Å². The van der Waals surface area contributed by atoms with E-state index in [1.807, 2.05) is 4.90 Å². The fourth-order valence-corrected chi connectivity index (χ4v) is 2.35. The predicted molar refractivity (Wildman–Crippen MR) is 69.1 cm³/mol. The molecule has 3 heteroatoms. The van der Waals surface area contributed by atoms with Crippen LogP contribution < -0.4 is 0 Å². The molecule has 0 bridgehead atoms. The number of carbonyl (C=O) groups is 1. The van der Waals surface area contributed by atoms with E-state index in [2.05, 4.69) is 38.5 Å². The number of amides is 1. The zero-order valence-corrected chi connectivity index (χ0v) is 11.3. The molecule has 1 aromatic rings. The SMILES string of the molecule is CCN(C(=O)Cn1cc(C)c(C)c1C)C1CC1. The molecule has 94 valence electrons. The molecule has 1 saturated carbocycles. The number of hydrogen-bond acceptors (Lipinski definition) is 1. The molecule has 3 nitrogen and oxygen atoms in total. The van der Waals surface area contributed by atoms with E-state index in [9.17, 15) is 4.79 Å². The average molecular weight is 234 g/mol. The molecule has 0 aromatic carbocycles. The van der Waals surface area contributed by atoms with E-state index >= 15 is 0 Å². The summed E-state index contributed by atoms with van der Waals surface area (Å²) in [5, 5.41) is 0. The van der Waals surface area contributed by atoms with Crippen molar-refractivity contribution in [2.24, 2.45) is 0 Å². The van der Waals surface area contributed by atoms with Crippen molar-refractivity contribution in [3.05, 3.63) is 23.0 Å². The summed E-state index contributed by atoms with van der Waals surface area (Å²) in [5.41, 5.74) is 3.78. The Morgan fingerprint density at radius 2 is 2.06 bits per heavy atom. The minimum Gasteiger partial charge on any atom is -0.342 e. The van der Waals surface area contributed by atoms with Crippen LogP contribution >= 0.6 is 0 Å². The van der Waals surface area contributed by atoms with Gasteiger partial charge in [0.05, 0.1) is 0 Å². The minimum absolute atomic E-state index is 0.258. The molecule has 1 aliphatic carbocycles. The fourth-order valence-electron chi connectivity index (χ4n) is 2.35. The van der Waals surface area contributed by atoms with Gasteiger partial charge >= 0.3 is 0 Å². The van der Waals surface area contributed by atoms with Crippen molar-refractivity contribution in [2.75, 3.05) is 6.54 Å². The van der Waals surface area contributed by atoms with Crippen molar-refractivity contribution in [1.82, 2.24) is 9.47 Å². The Labute approximate surface area is 103 Å². The Morgan fingerprint density at radius 3 is 2.47 bits per heavy atom. The Kier molecular flexibility index (Phi) is 3.27. The van der Waals surface area contributed by atoms with Gasteiger partial charge in [0.25, 0.3) is 0 Å². The second kappa shape index (κ2) is 4.55. The molecule has 0 spiro atoms. The fraction of sp³-hybridized carbons (Fsp3) is 0.643. The summed E-state index contributed by atoms with van der Waals surface area (Å²) in [4.78, 5) is 14.2. The number of likely N-dealkylation sites (N-methyl/N-ethyl adjacent to an activating group) is 1. The van der Waals surface area contributed by atoms with E-state index in [1.54, 1.807) is 0 Å². The van der Waals surface area contributed by atoms with E-state index < -0.39 is 0 Å². The van der Waals surface area contributed by atoms with E-state index in [4.69, 9.17) is 0 Å². The van der Waals surface area contributed by atoms with Gasteiger partial charge in [-0.3, -0.25) is 4.79 Å². The predicted octanol–water partition coefficient (Wildman–Crippen LogP) is 2.42. The van der Waals surface area contributed by atoms with Crippen LogP contribution in [0, 0.1) is 20.8 Å². The molecule has 17 heavy (non-hydrogen) atoms. The number of nitrogens with zero attached hydrogens (tertiary/aromatic N) is 2. The largest absolute Gasteiger partial charge is 0.342 e. The van der Waals surface area contributed by atoms with Gasteiger partial charge in [-0.25, -0.2) is 0 Å². The molecule has 2 rings (SSSR count). The lowest BCUT2D eigenvalue weighted by atomic mass is 10.2. The summed E-state index contributed by atoms with van der Waals surface area (Å²) >= 11 is 0. The summed E-state index contributed by atoms with van der Waals surface area (Å²) in [6, 6.07) is 0.519. The van der Waals surface area contributed by atoms with Gasteiger partial charge in [0.15, 0.2) is 0 Å². The molecule has 0 unspecified atom stereocenters. The highest BCUT2D eigenvalue weighted by Crippen LogP contribution is 2.27. The molecule has 0 radical (unpaired) electrons. The highest BCUT2D eigenvalue weighted by Gasteiger charge is 2.31. The van der Waals surface area contributed by atoms with Gasteiger partial charge < -0.3 is 9.47 Å². The van der Waals surface area contributed by atoms with Gasteiger partial charge in [-0.05, 0) is 51.7 Å². The number of carbonyl (C=O) groups excluding carboxylic acids is 1. The normalized spacial score (nSPS) is 15.1. The van der Waals surface area contributed by atoms with Crippen LogP contribution in [0.25, 0.3) is 0 Å². The van der Waals surface area contributed by atoms with Crippen LogP contribution in [0.4, 0.5) is 0 Å². The lowest BCUT2D eigenvalue weighted by Crippen LogP contribution is -2.35. The van der Waals surface area contributed by atoms with E-state index in [-0.39, 0.29) is 5.91 Å². The van der Waals surface area contributed by atoms with Gasteiger partial charge in [0, 0.05) is 24.5 Å². The van der Waals surface area contributed by atoms with E-state index in [0.29, 0.717) is 12.6 Å². The maximum atomic E-state index is 12.2. The van der Waals surface area contributed by atoms with Crippen LogP contribution in [0.2, 0.25) is 0 Å². The van der Waals surface area contributed by atoms with Crippen molar-refractivity contribution in [1.29, 1.82) is 0 Å². The van der Waals surface area contributed by atoms with Gasteiger partial charge in [-0.1, -0.05) is 0 Å². The van der Waals surface area contributed by atoms with Crippen molar-refractivity contribution >= 4 is 5.91 Å². The van der Waals surface area contributed by atoms with Gasteiger partial charge in [0.1, 0.15) is 6.54 Å². The number of aromatic nitrogens is 1. The molecular formula is C14H22N2O.